The van der Waals surface area contributed by atoms with E-state index in [4.69, 9.17) is 9.84 Å². The highest BCUT2D eigenvalue weighted by Crippen LogP contribution is 2.26. The number of ether oxygens (including phenoxy) is 1. The van der Waals surface area contributed by atoms with Crippen LogP contribution in [0.3, 0.4) is 0 Å². The smallest absolute Gasteiger partial charge is 0.312 e. The van der Waals surface area contributed by atoms with Crippen molar-refractivity contribution < 1.29 is 74.9 Å². The van der Waals surface area contributed by atoms with E-state index in [2.05, 4.69) is 16.0 Å². The first kappa shape index (κ1) is 65.4. The van der Waals surface area contributed by atoms with Gasteiger partial charge in [0.15, 0.2) is 29.9 Å². The fraction of sp³-hybridized carbons (Fsp3) is 0.400. The zero-order valence-electron chi connectivity index (χ0n) is 44.2. The molecule has 15 nitrogen and oxygen atoms in total. The standard InChI is InChI=1S/C15H19NO4.C14H19NO2.C13H12F5NO2.C13H17NO3/c1-4-15(2,3)14(19)20-10-12(17)16-13(18)11-8-6-5-7-9-11;1-4-14(2,3)13(17)15-12(16)10-11-8-6-5-7-9-11;1-4-13(2,3)12(21)19-11(20)5-6(14)8(16)10(18)9(17)7(5)15;1-4-13(2,3)12(17)14-11(16)9-5-7-10(15)8-6-9/h5-9H,4,10H2,1-3H3,(H,16,17,18);5-9H,4,10H2,1-3H3,(H,15,16,17);4H2,1-3H3,(H,19,20,21);5-8,15H,4H2,1-3H3,(H,14,16,17). The number of hydrogen-bond acceptors (Lipinski definition) is 11. The third kappa shape index (κ3) is 20.7. The van der Waals surface area contributed by atoms with Gasteiger partial charge in [0, 0.05) is 27.4 Å². The molecule has 0 fully saturated rings. The van der Waals surface area contributed by atoms with Crippen molar-refractivity contribution in [3.05, 3.63) is 136 Å². The molecule has 4 aromatic rings. The number of imide groups is 4. The number of carbonyl (C=O) groups is 9. The van der Waals surface area contributed by atoms with Crippen LogP contribution in [0, 0.1) is 50.7 Å². The van der Waals surface area contributed by atoms with Crippen LogP contribution in [0.25, 0.3) is 0 Å². The summed E-state index contributed by atoms with van der Waals surface area (Å²) in [5, 5.41) is 17.7. The first-order valence-electron chi connectivity index (χ1n) is 23.7. The molecule has 0 aliphatic carbocycles. The van der Waals surface area contributed by atoms with Crippen molar-refractivity contribution in [2.45, 2.75) is 115 Å². The fourth-order valence-electron chi connectivity index (χ4n) is 4.99. The van der Waals surface area contributed by atoms with Gasteiger partial charge in [-0.1, -0.05) is 118 Å². The summed E-state index contributed by atoms with van der Waals surface area (Å²) in [5.74, 6) is -16.7. The zero-order valence-corrected chi connectivity index (χ0v) is 44.2. The normalized spacial score (nSPS) is 11.1. The summed E-state index contributed by atoms with van der Waals surface area (Å²) in [4.78, 5) is 105. The Balaban J connectivity index is 0.000000502. The van der Waals surface area contributed by atoms with Crippen molar-refractivity contribution in [2.75, 3.05) is 6.61 Å². The van der Waals surface area contributed by atoms with Gasteiger partial charge in [-0.25, -0.2) is 22.0 Å². The van der Waals surface area contributed by atoms with E-state index in [1.54, 1.807) is 70.3 Å². The molecule has 0 atom stereocenters. The average Bonchev–Trinajstić information content (AvgIpc) is 3.37. The monoisotopic (exact) mass is 1050 g/mol. The Morgan fingerprint density at radius 3 is 1.23 bits per heavy atom. The molecule has 0 saturated carbocycles. The van der Waals surface area contributed by atoms with E-state index >= 15 is 0 Å². The SMILES string of the molecule is CCC(C)(C)C(=O)NC(=O)Cc1ccccc1.CCC(C)(C)C(=O)NC(=O)c1c(F)c(F)c(F)c(F)c1F.CCC(C)(C)C(=O)NC(=O)c1ccc(O)cc1.CCC(C)(C)C(=O)OCC(=O)NC(=O)c1ccccc1. The molecule has 0 heterocycles. The molecular formula is C55H67F5N4O11. The lowest BCUT2D eigenvalue weighted by molar-refractivity contribution is -0.157. The Bertz CT molecular complexity index is 2630. The van der Waals surface area contributed by atoms with Gasteiger partial charge in [0.1, 0.15) is 11.3 Å². The Morgan fingerprint density at radius 2 is 0.800 bits per heavy atom. The second kappa shape index (κ2) is 29.3. The number of phenolic OH excluding ortho intramolecular Hbond substituents is 1. The number of benzene rings is 4. The number of nitrogens with one attached hydrogen (secondary N) is 4. The number of aromatic hydroxyl groups is 1. The van der Waals surface area contributed by atoms with Crippen LogP contribution >= 0.6 is 0 Å². The van der Waals surface area contributed by atoms with Crippen molar-refractivity contribution in [1.82, 2.24) is 21.3 Å². The predicted octanol–water partition coefficient (Wildman–Crippen LogP) is 9.39. The van der Waals surface area contributed by atoms with Gasteiger partial charge in [-0.2, -0.15) is 0 Å². The summed E-state index contributed by atoms with van der Waals surface area (Å²) in [5.41, 5.74) is -2.79. The zero-order chi connectivity index (χ0) is 57.6. The Hall–Kier alpha value is -7.64. The molecule has 408 valence electrons. The Labute approximate surface area is 433 Å². The van der Waals surface area contributed by atoms with Crippen LogP contribution in [-0.2, 0) is 39.9 Å². The molecule has 0 spiro atoms. The molecule has 20 heteroatoms. The van der Waals surface area contributed by atoms with Crippen LogP contribution in [-0.4, -0.2) is 64.9 Å². The minimum atomic E-state index is -2.37. The van der Waals surface area contributed by atoms with E-state index in [0.717, 1.165) is 5.56 Å². The first-order valence-corrected chi connectivity index (χ1v) is 23.7. The lowest BCUT2D eigenvalue weighted by Crippen LogP contribution is -2.41. The Morgan fingerprint density at radius 1 is 0.440 bits per heavy atom. The highest BCUT2D eigenvalue weighted by atomic mass is 19.2. The van der Waals surface area contributed by atoms with E-state index in [9.17, 15) is 65.1 Å². The molecule has 0 aliphatic heterocycles. The van der Waals surface area contributed by atoms with Crippen LogP contribution in [0.15, 0.2) is 84.9 Å². The molecule has 4 rings (SSSR count). The van der Waals surface area contributed by atoms with Crippen LogP contribution < -0.4 is 21.3 Å². The summed E-state index contributed by atoms with van der Waals surface area (Å²) in [6.45, 7) is 20.5. The van der Waals surface area contributed by atoms with Crippen molar-refractivity contribution in [3.63, 3.8) is 0 Å². The van der Waals surface area contributed by atoms with E-state index in [-0.39, 0.29) is 29.9 Å². The maximum absolute atomic E-state index is 13.4. The first-order chi connectivity index (χ1) is 34.7. The predicted molar refractivity (Wildman–Crippen MR) is 269 cm³/mol. The highest BCUT2D eigenvalue weighted by molar-refractivity contribution is 6.07. The van der Waals surface area contributed by atoms with E-state index in [1.807, 2.05) is 65.0 Å². The van der Waals surface area contributed by atoms with Gasteiger partial charge >= 0.3 is 5.97 Å². The van der Waals surface area contributed by atoms with Gasteiger partial charge in [0.05, 0.1) is 11.8 Å². The number of rotatable bonds is 15. The van der Waals surface area contributed by atoms with Crippen molar-refractivity contribution in [1.29, 1.82) is 0 Å². The maximum atomic E-state index is 13.4. The minimum absolute atomic E-state index is 0.0850. The summed E-state index contributed by atoms with van der Waals surface area (Å²) in [6.07, 6.45) is 2.51. The molecule has 4 aromatic carbocycles. The quantitative estimate of drug-likeness (QED) is 0.0326. The molecule has 0 aromatic heterocycles. The maximum Gasteiger partial charge on any atom is 0.312 e. The lowest BCUT2D eigenvalue weighted by atomic mass is 9.89. The van der Waals surface area contributed by atoms with Crippen molar-refractivity contribution in [2.24, 2.45) is 21.7 Å². The van der Waals surface area contributed by atoms with E-state index in [1.165, 1.54) is 38.1 Å². The largest absolute Gasteiger partial charge is 0.508 e. The van der Waals surface area contributed by atoms with Crippen LogP contribution in [0.5, 0.6) is 5.75 Å². The van der Waals surface area contributed by atoms with E-state index < -0.39 is 98.4 Å². The molecule has 0 aliphatic rings. The van der Waals surface area contributed by atoms with Crippen LogP contribution in [0.1, 0.15) is 145 Å². The molecule has 0 saturated heterocycles. The van der Waals surface area contributed by atoms with Gasteiger partial charge in [-0.15, -0.1) is 0 Å². The molecule has 75 heavy (non-hydrogen) atoms. The van der Waals surface area contributed by atoms with Crippen molar-refractivity contribution >= 4 is 53.2 Å². The summed E-state index contributed by atoms with van der Waals surface area (Å²) >= 11 is 0. The number of halogens is 5. The van der Waals surface area contributed by atoms with Crippen LogP contribution in [0.4, 0.5) is 22.0 Å². The molecule has 8 amide bonds. The lowest BCUT2D eigenvalue weighted by Gasteiger charge is -2.20. The van der Waals surface area contributed by atoms with Gasteiger partial charge in [0.2, 0.25) is 29.4 Å². The molecular weight excluding hydrogens is 988 g/mol. The minimum Gasteiger partial charge on any atom is -0.508 e. The summed E-state index contributed by atoms with van der Waals surface area (Å²) in [7, 11) is 0. The molecule has 0 bridgehead atoms. The average molecular weight is 1060 g/mol. The summed E-state index contributed by atoms with van der Waals surface area (Å²) < 4.78 is 70.5. The number of carbonyl (C=O) groups excluding carboxylic acids is 9. The highest BCUT2D eigenvalue weighted by Gasteiger charge is 2.34. The topological polar surface area (TPSA) is 231 Å². The van der Waals surface area contributed by atoms with Gasteiger partial charge in [-0.3, -0.25) is 64.4 Å². The fourth-order valence-corrected chi connectivity index (χ4v) is 4.99. The number of hydrogen-bond donors (Lipinski definition) is 5. The second-order valence-corrected chi connectivity index (χ2v) is 19.4. The molecule has 0 unspecified atom stereocenters. The number of phenols is 1. The summed E-state index contributed by atoms with van der Waals surface area (Å²) in [6, 6.07) is 23.5. The molecule has 5 N–H and O–H groups in total. The molecule has 0 radical (unpaired) electrons. The number of amides is 8. The Kier molecular flexibility index (Phi) is 25.5. The van der Waals surface area contributed by atoms with Gasteiger partial charge < -0.3 is 9.84 Å². The third-order valence-electron chi connectivity index (χ3n) is 12.0. The van der Waals surface area contributed by atoms with Gasteiger partial charge in [-0.05, 0) is 81.5 Å². The van der Waals surface area contributed by atoms with Crippen molar-refractivity contribution in [3.8, 4) is 5.75 Å². The second-order valence-electron chi connectivity index (χ2n) is 19.4. The van der Waals surface area contributed by atoms with E-state index in [0.29, 0.717) is 36.8 Å². The third-order valence-corrected chi connectivity index (χ3v) is 12.0. The van der Waals surface area contributed by atoms with Crippen LogP contribution in [0.2, 0.25) is 0 Å². The number of esters is 1. The van der Waals surface area contributed by atoms with Gasteiger partial charge in [0.25, 0.3) is 23.6 Å².